The topological polar surface area (TPSA) is 137 Å². The molecule has 14 heteroatoms. The van der Waals surface area contributed by atoms with Gasteiger partial charge in [-0.25, -0.2) is 18.9 Å². The van der Waals surface area contributed by atoms with Gasteiger partial charge in [0.2, 0.25) is 0 Å². The number of aromatic nitrogens is 3. The Balaban J connectivity index is 1.87. The molecule has 3 heterocycles. The molecule has 5 atom stereocenters. The molecule has 1 aromatic heterocycles. The van der Waals surface area contributed by atoms with Gasteiger partial charge in [0.15, 0.2) is 30.3 Å². The van der Waals surface area contributed by atoms with Crippen LogP contribution in [-0.2, 0) is 23.8 Å². The van der Waals surface area contributed by atoms with Crippen LogP contribution in [0, 0.1) is 11.8 Å². The van der Waals surface area contributed by atoms with E-state index >= 15 is 4.39 Å². The Bertz CT molecular complexity index is 899. The van der Waals surface area contributed by atoms with E-state index < -0.39 is 66.7 Å². The van der Waals surface area contributed by atoms with Gasteiger partial charge < -0.3 is 19.5 Å². The van der Waals surface area contributed by atoms with Crippen LogP contribution in [0.3, 0.4) is 0 Å². The highest BCUT2D eigenvalue weighted by molar-refractivity contribution is 6.18. The van der Waals surface area contributed by atoms with Crippen molar-refractivity contribution < 1.29 is 33.0 Å². The lowest BCUT2D eigenvalue weighted by atomic mass is 9.98. The van der Waals surface area contributed by atoms with Crippen molar-refractivity contribution in [2.24, 2.45) is 16.9 Å². The van der Waals surface area contributed by atoms with E-state index in [9.17, 15) is 14.4 Å². The van der Waals surface area contributed by atoms with Gasteiger partial charge in [-0.1, -0.05) is 27.7 Å². The first-order valence-corrected chi connectivity index (χ1v) is 10.9. The number of carbonyl (C=O) groups excluding carboxylic acids is 3. The molecular formula is C19H26ClFN6O6. The highest BCUT2D eigenvalue weighted by atomic mass is 35.5. The summed E-state index contributed by atoms with van der Waals surface area (Å²) in [4.78, 5) is 40.8. The summed E-state index contributed by atoms with van der Waals surface area (Å²) in [6, 6.07) is -0.788. The second-order valence-corrected chi connectivity index (χ2v) is 8.57. The molecule has 2 aliphatic rings. The highest BCUT2D eigenvalue weighted by Gasteiger charge is 2.61. The predicted molar refractivity (Wildman–Crippen MR) is 112 cm³/mol. The molecule has 2 aliphatic heterocycles. The third-order valence-corrected chi connectivity index (χ3v) is 5.53. The van der Waals surface area contributed by atoms with Gasteiger partial charge in [-0.2, -0.15) is 15.2 Å². The Morgan fingerprint density at radius 1 is 1.30 bits per heavy atom. The fraction of sp³-hybridized carbons (Fsp3) is 0.684. The maximum Gasteiger partial charge on any atom is 0.342 e. The average Bonchev–Trinajstić information content (AvgIpc) is 3.40. The quantitative estimate of drug-likeness (QED) is 0.426. The van der Waals surface area contributed by atoms with Crippen LogP contribution in [0.2, 0.25) is 0 Å². The molecule has 0 spiro atoms. The van der Waals surface area contributed by atoms with E-state index in [1.54, 1.807) is 27.7 Å². The van der Waals surface area contributed by atoms with Crippen LogP contribution in [0.25, 0.3) is 0 Å². The van der Waals surface area contributed by atoms with Gasteiger partial charge in [-0.3, -0.25) is 9.59 Å². The number of esters is 2. The van der Waals surface area contributed by atoms with Gasteiger partial charge in [0.25, 0.3) is 0 Å². The SMILES string of the molecule is CC(C)C(=O)OC[C@@]1(CCl)O[C@@H](N2N=CC(n3cncn3)NC2=O)[C@H](F)[C@@H]1OC(=O)C(C)C. The maximum absolute atomic E-state index is 15.6. The summed E-state index contributed by atoms with van der Waals surface area (Å²) >= 11 is 6.13. The zero-order valence-electron chi connectivity index (χ0n) is 18.6. The summed E-state index contributed by atoms with van der Waals surface area (Å²) in [6.07, 6.45) is -1.96. The first-order chi connectivity index (χ1) is 15.6. The summed E-state index contributed by atoms with van der Waals surface area (Å²) in [6.45, 7) is 5.93. The number of alkyl halides is 2. The monoisotopic (exact) mass is 488 g/mol. The molecular weight excluding hydrogens is 463 g/mol. The number of amides is 2. The number of urea groups is 1. The van der Waals surface area contributed by atoms with Crippen molar-refractivity contribution in [2.45, 2.75) is 58.0 Å². The Morgan fingerprint density at radius 3 is 2.55 bits per heavy atom. The molecule has 0 radical (unpaired) electrons. The van der Waals surface area contributed by atoms with Crippen molar-refractivity contribution >= 4 is 35.8 Å². The largest absolute Gasteiger partial charge is 0.462 e. The van der Waals surface area contributed by atoms with Gasteiger partial charge in [0, 0.05) is 0 Å². The summed E-state index contributed by atoms with van der Waals surface area (Å²) in [7, 11) is 0. The number of hydrogen-bond donors (Lipinski definition) is 1. The minimum Gasteiger partial charge on any atom is -0.462 e. The minimum atomic E-state index is -2.03. The fourth-order valence-electron chi connectivity index (χ4n) is 3.15. The second kappa shape index (κ2) is 10.00. The van der Waals surface area contributed by atoms with Gasteiger partial charge in [-0.15, -0.1) is 11.6 Å². The molecule has 1 N–H and O–H groups in total. The molecule has 3 rings (SSSR count). The molecule has 0 bridgehead atoms. The van der Waals surface area contributed by atoms with E-state index in [0.29, 0.717) is 0 Å². The minimum absolute atomic E-state index is 0.383. The molecule has 1 saturated heterocycles. The normalized spacial score (nSPS) is 29.5. The fourth-order valence-corrected chi connectivity index (χ4v) is 3.44. The molecule has 0 aromatic carbocycles. The molecule has 182 valence electrons. The van der Waals surface area contributed by atoms with E-state index in [1.807, 2.05) is 0 Å². The molecule has 1 unspecified atom stereocenters. The standard InChI is InChI=1S/C19H26ClFN6O6/c1-10(2)16(28)31-7-19(6-20)14(32-17(29)11(3)4)13(21)15(33-19)27-18(30)25-12(5-23-27)26-9-22-8-24-26/h5,8-15H,6-7H2,1-4H3,(H,25,30)/t12?,13-,14+,15-,19-/m1/s1. The van der Waals surface area contributed by atoms with E-state index in [-0.39, 0.29) is 5.88 Å². The number of hydrazone groups is 1. The second-order valence-electron chi connectivity index (χ2n) is 8.30. The lowest BCUT2D eigenvalue weighted by Crippen LogP contribution is -2.52. The summed E-state index contributed by atoms with van der Waals surface area (Å²) < 4.78 is 33.4. The van der Waals surface area contributed by atoms with Crippen molar-refractivity contribution in [3.8, 4) is 0 Å². The van der Waals surface area contributed by atoms with Crippen LogP contribution in [0.1, 0.15) is 33.9 Å². The number of nitrogens with one attached hydrogen (secondary N) is 1. The predicted octanol–water partition coefficient (Wildman–Crippen LogP) is 1.23. The number of halogens is 2. The first-order valence-electron chi connectivity index (χ1n) is 10.3. The highest BCUT2D eigenvalue weighted by Crippen LogP contribution is 2.39. The molecule has 0 saturated carbocycles. The Morgan fingerprint density at radius 2 is 2.00 bits per heavy atom. The van der Waals surface area contributed by atoms with Crippen molar-refractivity contribution in [1.82, 2.24) is 25.1 Å². The van der Waals surface area contributed by atoms with Crippen LogP contribution in [0.5, 0.6) is 0 Å². The Hall–Kier alpha value is -2.80. The van der Waals surface area contributed by atoms with Gasteiger partial charge in [0.05, 0.1) is 23.9 Å². The Kier molecular flexibility index (Phi) is 7.52. The summed E-state index contributed by atoms with van der Waals surface area (Å²) in [5, 5.41) is 11.2. The summed E-state index contributed by atoms with van der Waals surface area (Å²) in [5.74, 6) is -2.68. The number of nitrogens with zero attached hydrogens (tertiary/aromatic N) is 5. The maximum atomic E-state index is 15.6. The van der Waals surface area contributed by atoms with E-state index in [0.717, 1.165) is 5.01 Å². The number of carbonyl (C=O) groups is 3. The molecule has 33 heavy (non-hydrogen) atoms. The van der Waals surface area contributed by atoms with Gasteiger partial charge >= 0.3 is 18.0 Å². The van der Waals surface area contributed by atoms with Crippen LogP contribution < -0.4 is 5.32 Å². The number of hydrogen-bond acceptors (Lipinski definition) is 9. The molecule has 2 amide bonds. The van der Waals surface area contributed by atoms with E-state index in [4.69, 9.17) is 25.8 Å². The smallest absolute Gasteiger partial charge is 0.342 e. The average molecular weight is 489 g/mol. The molecule has 1 fully saturated rings. The lowest BCUT2D eigenvalue weighted by molar-refractivity contribution is -0.178. The number of ether oxygens (including phenoxy) is 3. The van der Waals surface area contributed by atoms with Crippen molar-refractivity contribution in [3.63, 3.8) is 0 Å². The first kappa shape index (κ1) is 24.8. The van der Waals surface area contributed by atoms with Crippen LogP contribution in [0.4, 0.5) is 9.18 Å². The van der Waals surface area contributed by atoms with Crippen molar-refractivity contribution in [2.75, 3.05) is 12.5 Å². The molecule has 0 aliphatic carbocycles. The van der Waals surface area contributed by atoms with Crippen LogP contribution in [-0.4, -0.2) is 80.5 Å². The van der Waals surface area contributed by atoms with Crippen LogP contribution >= 0.6 is 11.6 Å². The third-order valence-electron chi connectivity index (χ3n) is 5.08. The van der Waals surface area contributed by atoms with E-state index in [2.05, 4.69) is 20.5 Å². The lowest BCUT2D eigenvalue weighted by Gasteiger charge is -2.33. The van der Waals surface area contributed by atoms with Crippen molar-refractivity contribution in [1.29, 1.82) is 0 Å². The Labute approximate surface area is 194 Å². The number of rotatable bonds is 8. The van der Waals surface area contributed by atoms with Gasteiger partial charge in [-0.05, 0) is 0 Å². The van der Waals surface area contributed by atoms with E-state index in [1.165, 1.54) is 23.6 Å². The zero-order valence-corrected chi connectivity index (χ0v) is 19.3. The molecule has 1 aromatic rings. The van der Waals surface area contributed by atoms with Crippen LogP contribution in [0.15, 0.2) is 17.8 Å². The zero-order chi connectivity index (χ0) is 24.3. The third kappa shape index (κ3) is 5.08. The van der Waals surface area contributed by atoms with Crippen molar-refractivity contribution in [3.05, 3.63) is 12.7 Å². The summed E-state index contributed by atoms with van der Waals surface area (Å²) in [5.41, 5.74) is -1.74. The van der Waals surface area contributed by atoms with Gasteiger partial charge in [0.1, 0.15) is 19.3 Å². The molecule has 12 nitrogen and oxygen atoms in total.